The topological polar surface area (TPSA) is 29.3 Å². The van der Waals surface area contributed by atoms with Crippen molar-refractivity contribution in [3.63, 3.8) is 0 Å². The van der Waals surface area contributed by atoms with E-state index >= 15 is 0 Å². The molecule has 0 aromatic heterocycles. The lowest BCUT2D eigenvalue weighted by Gasteiger charge is -2.20. The van der Waals surface area contributed by atoms with Gasteiger partial charge in [0.1, 0.15) is 0 Å². The maximum absolute atomic E-state index is 5.79. The van der Waals surface area contributed by atoms with E-state index < -0.39 is 0 Å². The van der Waals surface area contributed by atoms with E-state index in [0.29, 0.717) is 5.92 Å². The lowest BCUT2D eigenvalue weighted by Crippen LogP contribution is -2.23. The Balaban J connectivity index is 2.67. The largest absolute Gasteiger partial charge is 0.399 e. The van der Waals surface area contributed by atoms with Gasteiger partial charge in [-0.2, -0.15) is 0 Å². The zero-order valence-electron chi connectivity index (χ0n) is 10.2. The lowest BCUT2D eigenvalue weighted by molar-refractivity contribution is 0.288. The Morgan fingerprint density at radius 2 is 2.00 bits per heavy atom. The first-order valence-corrected chi connectivity index (χ1v) is 5.52. The second kappa shape index (κ2) is 5.17. The summed E-state index contributed by atoms with van der Waals surface area (Å²) in [4.78, 5) is 2.34. The number of nitrogen functional groups attached to an aromatic ring is 1. The van der Waals surface area contributed by atoms with Crippen LogP contribution in [0.2, 0.25) is 0 Å². The molecule has 0 bridgehead atoms. The minimum absolute atomic E-state index is 0.705. The second-order valence-corrected chi connectivity index (χ2v) is 4.78. The first-order valence-electron chi connectivity index (χ1n) is 5.52. The lowest BCUT2D eigenvalue weighted by atomic mass is 10.1. The third kappa shape index (κ3) is 3.92. The Bertz CT molecular complexity index is 318. The first-order chi connectivity index (χ1) is 6.99. The molecule has 0 saturated heterocycles. The Labute approximate surface area is 93.1 Å². The number of nitrogens with zero attached hydrogens (tertiary/aromatic N) is 1. The summed E-state index contributed by atoms with van der Waals surface area (Å²) in [5.41, 5.74) is 9.29. The van der Waals surface area contributed by atoms with Gasteiger partial charge in [-0.3, -0.25) is 0 Å². The predicted octanol–water partition coefficient (Wildman–Crippen LogP) is 2.67. The fourth-order valence-electron chi connectivity index (χ4n) is 1.84. The number of anilines is 1. The summed E-state index contributed by atoms with van der Waals surface area (Å²) in [5.74, 6) is 0.705. The zero-order chi connectivity index (χ0) is 11.4. The highest BCUT2D eigenvalue weighted by Crippen LogP contribution is 2.14. The van der Waals surface area contributed by atoms with Crippen LogP contribution < -0.4 is 5.73 Å². The molecule has 0 aliphatic carbocycles. The number of hydrogen-bond donors (Lipinski definition) is 1. The van der Waals surface area contributed by atoms with Crippen molar-refractivity contribution in [3.05, 3.63) is 29.3 Å². The molecule has 0 amide bonds. The molecule has 0 radical (unpaired) electrons. The van der Waals surface area contributed by atoms with Gasteiger partial charge in [0.2, 0.25) is 0 Å². The fourth-order valence-corrected chi connectivity index (χ4v) is 1.84. The van der Waals surface area contributed by atoms with Crippen LogP contribution in [-0.4, -0.2) is 18.5 Å². The normalized spacial score (nSPS) is 11.3. The molecule has 2 heteroatoms. The van der Waals surface area contributed by atoms with Crippen LogP contribution in [0.5, 0.6) is 0 Å². The molecule has 15 heavy (non-hydrogen) atoms. The van der Waals surface area contributed by atoms with Gasteiger partial charge < -0.3 is 10.6 Å². The molecule has 2 nitrogen and oxygen atoms in total. The van der Waals surface area contributed by atoms with E-state index in [1.165, 1.54) is 11.1 Å². The summed E-state index contributed by atoms with van der Waals surface area (Å²) in [6.07, 6.45) is 0. The SMILES string of the molecule is Cc1ccc(N)cc1CN(C)CC(C)C. The Morgan fingerprint density at radius 3 is 2.60 bits per heavy atom. The Morgan fingerprint density at radius 1 is 1.33 bits per heavy atom. The molecule has 1 rings (SSSR count). The highest BCUT2D eigenvalue weighted by molar-refractivity contribution is 5.44. The van der Waals surface area contributed by atoms with Crippen molar-refractivity contribution in [1.82, 2.24) is 4.90 Å². The van der Waals surface area contributed by atoms with E-state index in [1.807, 2.05) is 6.07 Å². The summed E-state index contributed by atoms with van der Waals surface area (Å²) >= 11 is 0. The fraction of sp³-hybridized carbons (Fsp3) is 0.538. The summed E-state index contributed by atoms with van der Waals surface area (Å²) in [6.45, 7) is 8.71. The maximum atomic E-state index is 5.79. The Hall–Kier alpha value is -1.02. The average Bonchev–Trinajstić information content (AvgIpc) is 2.10. The highest BCUT2D eigenvalue weighted by atomic mass is 15.1. The maximum Gasteiger partial charge on any atom is 0.0317 e. The van der Waals surface area contributed by atoms with E-state index in [4.69, 9.17) is 5.73 Å². The molecule has 0 aliphatic rings. The number of nitrogens with two attached hydrogens (primary N) is 1. The molecule has 0 unspecified atom stereocenters. The van der Waals surface area contributed by atoms with Gasteiger partial charge in [-0.05, 0) is 43.1 Å². The van der Waals surface area contributed by atoms with Gasteiger partial charge in [0.05, 0.1) is 0 Å². The van der Waals surface area contributed by atoms with Crippen molar-refractivity contribution >= 4 is 5.69 Å². The van der Waals surface area contributed by atoms with E-state index in [-0.39, 0.29) is 0 Å². The van der Waals surface area contributed by atoms with Crippen LogP contribution in [-0.2, 0) is 6.54 Å². The van der Waals surface area contributed by atoms with Gasteiger partial charge in [-0.25, -0.2) is 0 Å². The van der Waals surface area contributed by atoms with Crippen molar-refractivity contribution in [1.29, 1.82) is 0 Å². The van der Waals surface area contributed by atoms with E-state index in [2.05, 4.69) is 44.9 Å². The molecule has 1 aromatic carbocycles. The zero-order valence-corrected chi connectivity index (χ0v) is 10.2. The minimum Gasteiger partial charge on any atom is -0.399 e. The van der Waals surface area contributed by atoms with Crippen molar-refractivity contribution in [2.45, 2.75) is 27.3 Å². The van der Waals surface area contributed by atoms with Gasteiger partial charge in [0, 0.05) is 18.8 Å². The summed E-state index contributed by atoms with van der Waals surface area (Å²) in [5, 5.41) is 0. The van der Waals surface area contributed by atoms with E-state index in [9.17, 15) is 0 Å². The number of rotatable bonds is 4. The van der Waals surface area contributed by atoms with Gasteiger partial charge in [-0.15, -0.1) is 0 Å². The van der Waals surface area contributed by atoms with Crippen LogP contribution >= 0.6 is 0 Å². The van der Waals surface area contributed by atoms with Crippen LogP contribution in [0.3, 0.4) is 0 Å². The van der Waals surface area contributed by atoms with Crippen LogP contribution in [0.4, 0.5) is 5.69 Å². The second-order valence-electron chi connectivity index (χ2n) is 4.78. The van der Waals surface area contributed by atoms with Crippen LogP contribution in [0.15, 0.2) is 18.2 Å². The molecule has 0 aliphatic heterocycles. The monoisotopic (exact) mass is 206 g/mol. The molecule has 0 saturated carbocycles. The molecular formula is C13H22N2. The quantitative estimate of drug-likeness (QED) is 0.767. The summed E-state index contributed by atoms with van der Waals surface area (Å²) < 4.78 is 0. The Kier molecular flexibility index (Phi) is 4.15. The molecular weight excluding hydrogens is 184 g/mol. The number of aryl methyl sites for hydroxylation is 1. The molecule has 84 valence electrons. The molecule has 1 aromatic rings. The van der Waals surface area contributed by atoms with Gasteiger partial charge in [0.25, 0.3) is 0 Å². The average molecular weight is 206 g/mol. The van der Waals surface area contributed by atoms with Crippen molar-refractivity contribution in [3.8, 4) is 0 Å². The van der Waals surface area contributed by atoms with Crippen molar-refractivity contribution < 1.29 is 0 Å². The van der Waals surface area contributed by atoms with Crippen molar-refractivity contribution in [2.75, 3.05) is 19.3 Å². The third-order valence-corrected chi connectivity index (χ3v) is 2.49. The van der Waals surface area contributed by atoms with Gasteiger partial charge in [-0.1, -0.05) is 19.9 Å². The van der Waals surface area contributed by atoms with Gasteiger partial charge in [0.15, 0.2) is 0 Å². The van der Waals surface area contributed by atoms with Gasteiger partial charge >= 0.3 is 0 Å². The van der Waals surface area contributed by atoms with E-state index in [1.54, 1.807) is 0 Å². The van der Waals surface area contributed by atoms with Crippen LogP contribution in [0.25, 0.3) is 0 Å². The van der Waals surface area contributed by atoms with E-state index in [0.717, 1.165) is 18.8 Å². The predicted molar refractivity (Wildman–Crippen MR) is 66.8 cm³/mol. The molecule has 0 heterocycles. The smallest absolute Gasteiger partial charge is 0.0317 e. The van der Waals surface area contributed by atoms with Crippen molar-refractivity contribution in [2.24, 2.45) is 5.92 Å². The number of hydrogen-bond acceptors (Lipinski definition) is 2. The molecule has 0 fully saturated rings. The standard InChI is InChI=1S/C13H22N2/c1-10(2)8-15(4)9-12-7-13(14)6-5-11(12)3/h5-7,10H,8-9,14H2,1-4H3. The highest BCUT2D eigenvalue weighted by Gasteiger charge is 2.05. The molecule has 0 spiro atoms. The summed E-state index contributed by atoms with van der Waals surface area (Å²) in [6, 6.07) is 6.13. The third-order valence-electron chi connectivity index (χ3n) is 2.49. The number of benzene rings is 1. The minimum atomic E-state index is 0.705. The molecule has 0 atom stereocenters. The molecule has 2 N–H and O–H groups in total. The summed E-state index contributed by atoms with van der Waals surface area (Å²) in [7, 11) is 2.16. The van der Waals surface area contributed by atoms with Crippen LogP contribution in [0, 0.1) is 12.8 Å². The first kappa shape index (κ1) is 12.1. The van der Waals surface area contributed by atoms with Crippen LogP contribution in [0.1, 0.15) is 25.0 Å².